The van der Waals surface area contributed by atoms with Gasteiger partial charge >= 0.3 is 11.8 Å². The average Bonchev–Trinajstić information content (AvgIpc) is 3.70. The molecule has 0 saturated carbocycles. The quantitative estimate of drug-likeness (QED) is 0.318. The standard InChI is InChI=1S/C33H39ClN6O4/c1-2-23-19-22(20-26(34)30(23)35)21-29(31(41)38-15-9-24(10-16-38)37-13-5-6-14-37)44-33(43)39-17-11-25(12-18-39)40-28-8-4-3-7-27(28)36-32(40)42/h1,3-4,7-8,19-20,24-25,29H,5-6,9-18,21,35H2,(H,36,42)/t29-/m1/s1. The van der Waals surface area contributed by atoms with Gasteiger partial charge in [-0.1, -0.05) is 29.7 Å². The number of nitrogen functional groups attached to an aromatic ring is 1. The van der Waals surface area contributed by atoms with Crippen LogP contribution < -0.4 is 11.4 Å². The summed E-state index contributed by atoms with van der Waals surface area (Å²) in [6.45, 7) is 4.31. The molecule has 232 valence electrons. The Bertz CT molecular complexity index is 1620. The summed E-state index contributed by atoms with van der Waals surface area (Å²) < 4.78 is 7.77. The molecule has 2 amide bonds. The number of nitrogens with two attached hydrogens (primary N) is 1. The predicted molar refractivity (Wildman–Crippen MR) is 171 cm³/mol. The van der Waals surface area contributed by atoms with E-state index in [2.05, 4.69) is 15.8 Å². The fourth-order valence-electron chi connectivity index (χ4n) is 7.01. The third-order valence-corrected chi connectivity index (χ3v) is 9.74. The van der Waals surface area contributed by atoms with Crippen molar-refractivity contribution in [3.8, 4) is 12.3 Å². The van der Waals surface area contributed by atoms with Gasteiger partial charge in [0.25, 0.3) is 5.91 Å². The van der Waals surface area contributed by atoms with Crippen molar-refractivity contribution < 1.29 is 14.3 Å². The summed E-state index contributed by atoms with van der Waals surface area (Å²) in [6.07, 6.45) is 9.66. The Morgan fingerprint density at radius 3 is 2.36 bits per heavy atom. The van der Waals surface area contributed by atoms with Crippen molar-refractivity contribution in [3.05, 3.63) is 63.0 Å². The summed E-state index contributed by atoms with van der Waals surface area (Å²) in [6, 6.07) is 11.4. The largest absolute Gasteiger partial charge is 0.436 e. The van der Waals surface area contributed by atoms with Crippen LogP contribution in [0, 0.1) is 12.3 Å². The molecule has 0 spiro atoms. The molecule has 2 aromatic carbocycles. The Morgan fingerprint density at radius 1 is 1.00 bits per heavy atom. The summed E-state index contributed by atoms with van der Waals surface area (Å²) in [5.41, 5.74) is 8.94. The number of nitrogens with zero attached hydrogens (tertiary/aromatic N) is 4. The van der Waals surface area contributed by atoms with Gasteiger partial charge in [0.2, 0.25) is 0 Å². The van der Waals surface area contributed by atoms with Gasteiger partial charge in [0.05, 0.1) is 21.7 Å². The second kappa shape index (κ2) is 13.0. The molecule has 4 heterocycles. The maximum Gasteiger partial charge on any atom is 0.410 e. The van der Waals surface area contributed by atoms with E-state index < -0.39 is 12.2 Å². The number of imidazole rings is 1. The minimum absolute atomic E-state index is 0.0452. The van der Waals surface area contributed by atoms with E-state index in [9.17, 15) is 14.4 Å². The first-order valence-corrected chi connectivity index (χ1v) is 15.9. The summed E-state index contributed by atoms with van der Waals surface area (Å²) in [4.78, 5) is 49.0. The number of fused-ring (bicyclic) bond motifs is 1. The van der Waals surface area contributed by atoms with Crippen molar-refractivity contribution >= 4 is 40.3 Å². The molecule has 1 aromatic heterocycles. The molecule has 11 heteroatoms. The van der Waals surface area contributed by atoms with Gasteiger partial charge in [-0.2, -0.15) is 0 Å². The number of ether oxygens (including phenoxy) is 1. The number of carbonyl (C=O) groups excluding carboxylic acids is 2. The Hall–Kier alpha value is -3.94. The van der Waals surface area contributed by atoms with E-state index >= 15 is 0 Å². The second-order valence-electron chi connectivity index (χ2n) is 12.1. The molecule has 1 atom stereocenters. The van der Waals surface area contributed by atoms with Crippen LogP contribution in [0.2, 0.25) is 5.02 Å². The van der Waals surface area contributed by atoms with Gasteiger partial charge in [0, 0.05) is 50.2 Å². The van der Waals surface area contributed by atoms with Crippen LogP contribution in [0.15, 0.2) is 41.2 Å². The number of aromatic nitrogens is 2. The molecule has 0 radical (unpaired) electrons. The van der Waals surface area contributed by atoms with Gasteiger partial charge in [-0.15, -0.1) is 6.42 Å². The number of para-hydroxylation sites is 2. The van der Waals surface area contributed by atoms with E-state index in [0.717, 1.165) is 37.0 Å². The highest BCUT2D eigenvalue weighted by molar-refractivity contribution is 6.33. The number of likely N-dealkylation sites (tertiary alicyclic amines) is 3. The highest BCUT2D eigenvalue weighted by Gasteiger charge is 2.35. The lowest BCUT2D eigenvalue weighted by molar-refractivity contribution is -0.142. The number of halogens is 1. The van der Waals surface area contributed by atoms with Crippen LogP contribution >= 0.6 is 11.6 Å². The number of terminal acetylenes is 1. The summed E-state index contributed by atoms with van der Waals surface area (Å²) in [5.74, 6) is 2.33. The summed E-state index contributed by atoms with van der Waals surface area (Å²) in [5, 5.41) is 0.300. The average molecular weight is 619 g/mol. The topological polar surface area (TPSA) is 117 Å². The molecule has 3 fully saturated rings. The number of nitrogens with one attached hydrogen (secondary N) is 1. The normalized spacial score (nSPS) is 19.3. The molecule has 3 N–H and O–H groups in total. The van der Waals surface area contributed by atoms with E-state index in [-0.39, 0.29) is 24.1 Å². The van der Waals surface area contributed by atoms with Gasteiger partial charge in [0.1, 0.15) is 0 Å². The van der Waals surface area contributed by atoms with E-state index in [1.54, 1.807) is 21.6 Å². The number of hydrogen-bond donors (Lipinski definition) is 2. The molecule has 3 aliphatic rings. The number of H-pyrrole nitrogens is 1. The smallest absolute Gasteiger partial charge is 0.410 e. The first kappa shape index (κ1) is 30.1. The number of amides is 2. The lowest BCUT2D eigenvalue weighted by atomic mass is 10.00. The van der Waals surface area contributed by atoms with Crippen molar-refractivity contribution in [3.63, 3.8) is 0 Å². The van der Waals surface area contributed by atoms with Gasteiger partial charge < -0.3 is 30.2 Å². The Morgan fingerprint density at radius 2 is 1.66 bits per heavy atom. The molecule has 3 saturated heterocycles. The molecular weight excluding hydrogens is 580 g/mol. The second-order valence-corrected chi connectivity index (χ2v) is 12.5. The molecule has 0 bridgehead atoms. The summed E-state index contributed by atoms with van der Waals surface area (Å²) in [7, 11) is 0. The Kier molecular flexibility index (Phi) is 8.87. The van der Waals surface area contributed by atoms with Crippen molar-refractivity contribution in [1.82, 2.24) is 24.3 Å². The number of carbonyl (C=O) groups is 2. The summed E-state index contributed by atoms with van der Waals surface area (Å²) >= 11 is 6.36. The molecule has 0 aliphatic carbocycles. The molecule has 0 unspecified atom stereocenters. The predicted octanol–water partition coefficient (Wildman–Crippen LogP) is 4.02. The number of hydrogen-bond acceptors (Lipinski definition) is 6. The van der Waals surface area contributed by atoms with E-state index in [1.807, 2.05) is 29.2 Å². The van der Waals surface area contributed by atoms with E-state index in [1.165, 1.54) is 12.8 Å². The van der Waals surface area contributed by atoms with Crippen molar-refractivity contribution in [2.24, 2.45) is 0 Å². The Balaban J connectivity index is 1.15. The molecule has 3 aliphatic heterocycles. The third-order valence-electron chi connectivity index (χ3n) is 9.43. The maximum atomic E-state index is 13.9. The Labute approximate surface area is 262 Å². The van der Waals surface area contributed by atoms with Gasteiger partial charge in [-0.05, 0) is 81.4 Å². The van der Waals surface area contributed by atoms with Crippen LogP contribution in [0.1, 0.15) is 55.7 Å². The fraction of sp³-hybridized carbons (Fsp3) is 0.485. The van der Waals surface area contributed by atoms with Crippen molar-refractivity contribution in [1.29, 1.82) is 0 Å². The van der Waals surface area contributed by atoms with E-state index in [0.29, 0.717) is 66.9 Å². The van der Waals surface area contributed by atoms with Crippen LogP contribution in [-0.2, 0) is 16.0 Å². The van der Waals surface area contributed by atoms with Crippen LogP contribution in [0.5, 0.6) is 0 Å². The number of benzene rings is 2. The molecular formula is C33H39ClN6O4. The maximum absolute atomic E-state index is 13.9. The molecule has 3 aromatic rings. The molecule has 10 nitrogen and oxygen atoms in total. The minimum Gasteiger partial charge on any atom is -0.436 e. The third kappa shape index (κ3) is 6.17. The SMILES string of the molecule is C#Cc1cc(C[C@@H](OC(=O)N2CCC(n3c(=O)[nH]c4ccccc43)CC2)C(=O)N2CCC(N3CCCC3)CC2)cc(Cl)c1N. The zero-order valence-corrected chi connectivity index (χ0v) is 25.6. The fourth-order valence-corrected chi connectivity index (χ4v) is 7.25. The van der Waals surface area contributed by atoms with Gasteiger partial charge in [-0.3, -0.25) is 9.36 Å². The molecule has 44 heavy (non-hydrogen) atoms. The minimum atomic E-state index is -1.04. The highest BCUT2D eigenvalue weighted by Crippen LogP contribution is 2.28. The zero-order valence-electron chi connectivity index (χ0n) is 24.8. The van der Waals surface area contributed by atoms with Crippen LogP contribution in [0.4, 0.5) is 10.5 Å². The zero-order chi connectivity index (χ0) is 30.8. The lowest BCUT2D eigenvalue weighted by Crippen LogP contribution is -2.51. The molecule has 6 rings (SSSR count). The van der Waals surface area contributed by atoms with Crippen LogP contribution in [-0.4, -0.2) is 87.7 Å². The van der Waals surface area contributed by atoms with Crippen LogP contribution in [0.3, 0.4) is 0 Å². The number of anilines is 1. The van der Waals surface area contributed by atoms with Gasteiger partial charge in [-0.25, -0.2) is 9.59 Å². The highest BCUT2D eigenvalue weighted by atomic mass is 35.5. The number of rotatable bonds is 6. The van der Waals surface area contributed by atoms with Crippen molar-refractivity contribution in [2.45, 2.75) is 63.1 Å². The monoisotopic (exact) mass is 618 g/mol. The first-order valence-electron chi connectivity index (χ1n) is 15.5. The van der Waals surface area contributed by atoms with Crippen molar-refractivity contribution in [2.75, 3.05) is 45.0 Å². The first-order chi connectivity index (χ1) is 21.3. The van der Waals surface area contributed by atoms with Gasteiger partial charge in [0.15, 0.2) is 6.10 Å². The number of aromatic amines is 1. The van der Waals surface area contributed by atoms with Crippen LogP contribution in [0.25, 0.3) is 11.0 Å². The van der Waals surface area contributed by atoms with E-state index in [4.69, 9.17) is 28.5 Å². The lowest BCUT2D eigenvalue weighted by Gasteiger charge is -2.38. The number of piperidine rings is 2.